The Morgan fingerprint density at radius 2 is 2.08 bits per heavy atom. The van der Waals surface area contributed by atoms with Gasteiger partial charge < -0.3 is 18.9 Å². The van der Waals surface area contributed by atoms with E-state index in [2.05, 4.69) is 0 Å². The van der Waals surface area contributed by atoms with E-state index >= 15 is 0 Å². The Morgan fingerprint density at radius 1 is 1.31 bits per heavy atom. The molecule has 0 amide bonds. The van der Waals surface area contributed by atoms with Crippen LogP contribution in [0.2, 0.25) is 0 Å². The molecule has 1 aliphatic heterocycles. The van der Waals surface area contributed by atoms with E-state index < -0.39 is 5.79 Å². The second kappa shape index (κ2) is 8.90. The SMILES string of the molecule is CCOC(=O)/C=C/c1ccc2c(c1)OC(OCC=C(C)C)(C(C)C)CO2. The predicted molar refractivity (Wildman–Crippen MR) is 101 cm³/mol. The van der Waals surface area contributed by atoms with Crippen LogP contribution in [0.5, 0.6) is 11.5 Å². The summed E-state index contributed by atoms with van der Waals surface area (Å²) in [6.07, 6.45) is 5.11. The lowest BCUT2D eigenvalue weighted by Crippen LogP contribution is -2.51. The van der Waals surface area contributed by atoms with Crippen LogP contribution in [0, 0.1) is 5.92 Å². The topological polar surface area (TPSA) is 54.0 Å². The van der Waals surface area contributed by atoms with E-state index in [4.69, 9.17) is 18.9 Å². The lowest BCUT2D eigenvalue weighted by Gasteiger charge is -2.40. The summed E-state index contributed by atoms with van der Waals surface area (Å²) in [5, 5.41) is 0. The molecule has 0 radical (unpaired) electrons. The highest BCUT2D eigenvalue weighted by Crippen LogP contribution is 2.39. The molecule has 0 saturated heterocycles. The van der Waals surface area contributed by atoms with Gasteiger partial charge >= 0.3 is 5.97 Å². The van der Waals surface area contributed by atoms with E-state index in [1.807, 2.05) is 52.0 Å². The van der Waals surface area contributed by atoms with Gasteiger partial charge in [0, 0.05) is 12.0 Å². The predicted octanol–water partition coefficient (Wildman–Crippen LogP) is 4.37. The summed E-state index contributed by atoms with van der Waals surface area (Å²) in [6, 6.07) is 5.54. The molecule has 0 spiro atoms. The van der Waals surface area contributed by atoms with Crippen LogP contribution in [0.1, 0.15) is 40.2 Å². The molecule has 142 valence electrons. The summed E-state index contributed by atoms with van der Waals surface area (Å²) in [5.41, 5.74) is 2.01. The molecule has 0 saturated carbocycles. The third-order valence-corrected chi connectivity index (χ3v) is 4.08. The zero-order chi connectivity index (χ0) is 19.2. The number of fused-ring (bicyclic) bond motifs is 1. The summed E-state index contributed by atoms with van der Waals surface area (Å²) in [6.45, 7) is 11.1. The van der Waals surface area contributed by atoms with Crippen molar-refractivity contribution in [2.45, 2.75) is 40.4 Å². The number of hydrogen-bond acceptors (Lipinski definition) is 5. The number of benzene rings is 1. The summed E-state index contributed by atoms with van der Waals surface area (Å²) in [5.74, 6) is 0.153. The van der Waals surface area contributed by atoms with Gasteiger partial charge in [0.1, 0.15) is 0 Å². The third-order valence-electron chi connectivity index (χ3n) is 4.08. The van der Waals surface area contributed by atoms with Gasteiger partial charge in [-0.05, 0) is 44.5 Å². The lowest BCUT2D eigenvalue weighted by molar-refractivity contribution is -0.231. The Morgan fingerprint density at radius 3 is 2.73 bits per heavy atom. The average Bonchev–Trinajstić information content (AvgIpc) is 2.59. The van der Waals surface area contributed by atoms with Crippen molar-refractivity contribution < 1.29 is 23.7 Å². The first-order valence-electron chi connectivity index (χ1n) is 8.94. The minimum Gasteiger partial charge on any atom is -0.483 e. The normalized spacial score (nSPS) is 18.8. The number of ether oxygens (including phenoxy) is 4. The number of carbonyl (C=O) groups is 1. The van der Waals surface area contributed by atoms with Crippen molar-refractivity contribution in [3.05, 3.63) is 41.5 Å². The van der Waals surface area contributed by atoms with Gasteiger partial charge in [-0.2, -0.15) is 0 Å². The minimum absolute atomic E-state index is 0.0972. The van der Waals surface area contributed by atoms with E-state index in [-0.39, 0.29) is 11.9 Å². The molecule has 0 N–H and O–H groups in total. The number of allylic oxidation sites excluding steroid dienone is 1. The Balaban J connectivity index is 2.19. The molecule has 5 nitrogen and oxygen atoms in total. The van der Waals surface area contributed by atoms with Crippen molar-refractivity contribution in [2.75, 3.05) is 19.8 Å². The fourth-order valence-corrected chi connectivity index (χ4v) is 2.45. The van der Waals surface area contributed by atoms with Crippen molar-refractivity contribution in [1.82, 2.24) is 0 Å². The smallest absolute Gasteiger partial charge is 0.330 e. The maximum Gasteiger partial charge on any atom is 0.330 e. The molecular weight excluding hydrogens is 332 g/mol. The molecule has 1 aromatic rings. The van der Waals surface area contributed by atoms with E-state index in [0.717, 1.165) is 5.56 Å². The molecule has 1 atom stereocenters. The number of hydrogen-bond donors (Lipinski definition) is 0. The molecule has 1 aliphatic rings. The number of carbonyl (C=O) groups excluding carboxylic acids is 1. The first-order chi connectivity index (χ1) is 12.4. The summed E-state index contributed by atoms with van der Waals surface area (Å²) >= 11 is 0. The second-order valence-corrected chi connectivity index (χ2v) is 6.74. The fraction of sp³-hybridized carbons (Fsp3) is 0.476. The molecule has 26 heavy (non-hydrogen) atoms. The van der Waals surface area contributed by atoms with Crippen LogP contribution in [0.25, 0.3) is 6.08 Å². The molecule has 1 unspecified atom stereocenters. The molecule has 2 rings (SSSR count). The maximum absolute atomic E-state index is 11.5. The summed E-state index contributed by atoms with van der Waals surface area (Å²) < 4.78 is 23.1. The summed E-state index contributed by atoms with van der Waals surface area (Å²) in [4.78, 5) is 11.5. The number of rotatable bonds is 7. The quantitative estimate of drug-likeness (QED) is 0.411. The van der Waals surface area contributed by atoms with Gasteiger partial charge in [0.15, 0.2) is 18.1 Å². The molecule has 0 fully saturated rings. The van der Waals surface area contributed by atoms with Gasteiger partial charge in [-0.3, -0.25) is 0 Å². The monoisotopic (exact) mass is 360 g/mol. The van der Waals surface area contributed by atoms with Crippen LogP contribution in [0.15, 0.2) is 35.9 Å². The van der Waals surface area contributed by atoms with Crippen molar-refractivity contribution >= 4 is 12.0 Å². The van der Waals surface area contributed by atoms with E-state index in [1.165, 1.54) is 11.6 Å². The van der Waals surface area contributed by atoms with E-state index in [0.29, 0.717) is 31.3 Å². The van der Waals surface area contributed by atoms with Gasteiger partial charge in [0.2, 0.25) is 5.79 Å². The highest BCUT2D eigenvalue weighted by atomic mass is 16.7. The summed E-state index contributed by atoms with van der Waals surface area (Å²) in [7, 11) is 0. The third kappa shape index (κ3) is 5.11. The average molecular weight is 360 g/mol. The zero-order valence-corrected chi connectivity index (χ0v) is 16.2. The van der Waals surface area contributed by atoms with Crippen LogP contribution in [0.3, 0.4) is 0 Å². The lowest BCUT2D eigenvalue weighted by atomic mass is 10.0. The van der Waals surface area contributed by atoms with Crippen LogP contribution in [-0.2, 0) is 14.3 Å². The highest BCUT2D eigenvalue weighted by Gasteiger charge is 2.42. The highest BCUT2D eigenvalue weighted by molar-refractivity contribution is 5.87. The molecule has 5 heteroatoms. The van der Waals surface area contributed by atoms with Crippen LogP contribution in [0.4, 0.5) is 0 Å². The Labute approximate surface area is 155 Å². The maximum atomic E-state index is 11.5. The van der Waals surface area contributed by atoms with Gasteiger partial charge in [-0.25, -0.2) is 4.79 Å². The van der Waals surface area contributed by atoms with Gasteiger partial charge in [-0.1, -0.05) is 31.6 Å². The van der Waals surface area contributed by atoms with Gasteiger partial charge in [0.05, 0.1) is 13.2 Å². The zero-order valence-electron chi connectivity index (χ0n) is 16.2. The Kier molecular flexibility index (Phi) is 6.86. The standard InChI is InChI=1S/C21H28O5/c1-6-23-20(22)10-8-17-7-9-18-19(13-17)26-21(14-24-18,16(4)5)25-12-11-15(2)3/h7-11,13,16H,6,12,14H2,1-5H3/b10-8+. The molecule has 1 heterocycles. The van der Waals surface area contributed by atoms with E-state index in [1.54, 1.807) is 13.0 Å². The van der Waals surface area contributed by atoms with Crippen molar-refractivity contribution in [3.63, 3.8) is 0 Å². The first-order valence-corrected chi connectivity index (χ1v) is 8.94. The first kappa shape index (κ1) is 20.0. The molecule has 1 aromatic carbocycles. The van der Waals surface area contributed by atoms with Crippen LogP contribution in [-0.4, -0.2) is 31.6 Å². The van der Waals surface area contributed by atoms with Gasteiger partial charge in [-0.15, -0.1) is 0 Å². The minimum atomic E-state index is -0.845. The van der Waals surface area contributed by atoms with Crippen LogP contribution < -0.4 is 9.47 Å². The molecule has 0 aromatic heterocycles. The molecule has 0 bridgehead atoms. The van der Waals surface area contributed by atoms with Crippen molar-refractivity contribution in [2.24, 2.45) is 5.92 Å². The second-order valence-electron chi connectivity index (χ2n) is 6.74. The largest absolute Gasteiger partial charge is 0.483 e. The Bertz CT molecular complexity index is 686. The molecule has 0 aliphatic carbocycles. The van der Waals surface area contributed by atoms with Crippen molar-refractivity contribution in [1.29, 1.82) is 0 Å². The molecular formula is C21H28O5. The van der Waals surface area contributed by atoms with E-state index in [9.17, 15) is 4.79 Å². The van der Waals surface area contributed by atoms with Crippen LogP contribution >= 0.6 is 0 Å². The number of esters is 1. The van der Waals surface area contributed by atoms with Gasteiger partial charge in [0.25, 0.3) is 0 Å². The van der Waals surface area contributed by atoms with Crippen molar-refractivity contribution in [3.8, 4) is 11.5 Å². The Hall–Kier alpha value is -2.27. The fourth-order valence-electron chi connectivity index (χ4n) is 2.45.